The molecule has 0 bridgehead atoms. The van der Waals surface area contributed by atoms with Gasteiger partial charge >= 0.3 is 11.9 Å². The fourth-order valence-corrected chi connectivity index (χ4v) is 3.17. The first-order valence-corrected chi connectivity index (χ1v) is 13.3. The summed E-state index contributed by atoms with van der Waals surface area (Å²) in [7, 11) is 0. The van der Waals surface area contributed by atoms with E-state index in [0.717, 1.165) is 18.5 Å². The first kappa shape index (κ1) is 33.3. The number of allylic oxidation sites excluding steroid dienone is 1. The molecule has 0 saturated heterocycles. The fourth-order valence-electron chi connectivity index (χ4n) is 3.17. The number of aliphatic carboxylic acids is 1. The van der Waals surface area contributed by atoms with Gasteiger partial charge in [-0.1, -0.05) is 69.7 Å². The number of aliphatic hydroxyl groups excluding tert-OH is 1. The van der Waals surface area contributed by atoms with Crippen LogP contribution in [0, 0.1) is 0 Å². The number of ether oxygens (including phenoxy) is 2. The first-order chi connectivity index (χ1) is 18.8. The number of hydrogen-bond donors (Lipinski definition) is 4. The predicted octanol–water partition coefficient (Wildman–Crippen LogP) is 3.95. The van der Waals surface area contributed by atoms with Crippen molar-refractivity contribution in [3.63, 3.8) is 0 Å². The van der Waals surface area contributed by atoms with Gasteiger partial charge < -0.3 is 30.3 Å². The number of carboxylic acids is 1. The van der Waals surface area contributed by atoms with Gasteiger partial charge in [0.15, 0.2) is 0 Å². The van der Waals surface area contributed by atoms with Gasteiger partial charge in [0, 0.05) is 13.0 Å². The zero-order valence-electron chi connectivity index (χ0n) is 23.2. The summed E-state index contributed by atoms with van der Waals surface area (Å²) >= 11 is 0. The molecule has 9 nitrogen and oxygen atoms in total. The van der Waals surface area contributed by atoms with Crippen LogP contribution < -0.4 is 15.4 Å². The van der Waals surface area contributed by atoms with E-state index in [1.54, 1.807) is 30.3 Å². The smallest absolute Gasteiger partial charge is 0.322 e. The van der Waals surface area contributed by atoms with Gasteiger partial charge in [-0.05, 0) is 43.2 Å². The second-order valence-corrected chi connectivity index (χ2v) is 8.77. The molecule has 0 fully saturated rings. The van der Waals surface area contributed by atoms with E-state index in [-0.39, 0.29) is 25.2 Å². The van der Waals surface area contributed by atoms with E-state index in [1.165, 1.54) is 6.42 Å². The van der Waals surface area contributed by atoms with E-state index in [9.17, 15) is 19.5 Å². The van der Waals surface area contributed by atoms with Crippen molar-refractivity contribution in [1.82, 2.24) is 10.6 Å². The molecule has 2 rings (SSSR count). The Morgan fingerprint density at radius 3 is 2.31 bits per heavy atom. The Kier molecular flexibility index (Phi) is 17.3. The van der Waals surface area contributed by atoms with Crippen molar-refractivity contribution in [3.8, 4) is 5.75 Å². The molecule has 0 radical (unpaired) electrons. The van der Waals surface area contributed by atoms with Gasteiger partial charge in [0.1, 0.15) is 30.8 Å². The average Bonchev–Trinajstić information content (AvgIpc) is 2.93. The van der Waals surface area contributed by atoms with Gasteiger partial charge in [-0.2, -0.15) is 0 Å². The summed E-state index contributed by atoms with van der Waals surface area (Å²) in [5.41, 5.74) is 1.54. The van der Waals surface area contributed by atoms with Crippen molar-refractivity contribution in [2.75, 3.05) is 26.2 Å². The summed E-state index contributed by atoms with van der Waals surface area (Å²) in [6.45, 7) is 7.02. The summed E-state index contributed by atoms with van der Waals surface area (Å²) < 4.78 is 11.5. The number of para-hydroxylation sites is 1. The number of rotatable bonds is 16. The number of benzene rings is 2. The van der Waals surface area contributed by atoms with Crippen LogP contribution in [0.2, 0.25) is 0 Å². The summed E-state index contributed by atoms with van der Waals surface area (Å²) in [5, 5.41) is 24.2. The highest BCUT2D eigenvalue weighted by molar-refractivity contribution is 5.86. The number of aliphatic hydroxyl groups is 1. The Bertz CT molecular complexity index is 1020. The van der Waals surface area contributed by atoms with Crippen molar-refractivity contribution < 1.29 is 34.1 Å². The molecule has 9 heteroatoms. The third kappa shape index (κ3) is 15.3. The Labute approximate surface area is 231 Å². The molecule has 0 aliphatic rings. The normalized spacial score (nSPS) is 11.5. The molecule has 1 amide bonds. The molecule has 1 unspecified atom stereocenters. The Morgan fingerprint density at radius 2 is 1.64 bits per heavy atom. The molecule has 0 aromatic heterocycles. The van der Waals surface area contributed by atoms with E-state index >= 15 is 0 Å². The number of esters is 1. The standard InChI is InChI=1S/C27H34N2O7.C3H8/c1-2-16-28-17-21(30)19-35-23-11-7-6-10-22(23)24(13-12-20-8-4-3-5-9-20)36-27(34)15-14-25(31)29-18-26(32)33;1-3-2/h3-11,13,21,28,30H,2,12,14-19H2,1H3,(H,29,31)(H,32,33);3H2,1-2H3/b24-13-;. The number of nitrogens with one attached hydrogen (secondary N) is 2. The van der Waals surface area contributed by atoms with Gasteiger partial charge in [-0.3, -0.25) is 14.4 Å². The zero-order chi connectivity index (χ0) is 28.9. The van der Waals surface area contributed by atoms with Gasteiger partial charge in [-0.15, -0.1) is 0 Å². The van der Waals surface area contributed by atoms with Crippen LogP contribution in [0.25, 0.3) is 5.76 Å². The highest BCUT2D eigenvalue weighted by Gasteiger charge is 2.17. The van der Waals surface area contributed by atoms with Crippen LogP contribution in [-0.2, 0) is 25.5 Å². The topological polar surface area (TPSA) is 134 Å². The summed E-state index contributed by atoms with van der Waals surface area (Å²) in [6, 6.07) is 16.7. The van der Waals surface area contributed by atoms with E-state index in [1.807, 2.05) is 37.3 Å². The van der Waals surface area contributed by atoms with E-state index in [2.05, 4.69) is 24.5 Å². The zero-order valence-corrected chi connectivity index (χ0v) is 23.2. The second kappa shape index (κ2) is 20.3. The van der Waals surface area contributed by atoms with Crippen LogP contribution in [0.4, 0.5) is 0 Å². The second-order valence-electron chi connectivity index (χ2n) is 8.77. The first-order valence-electron chi connectivity index (χ1n) is 13.3. The van der Waals surface area contributed by atoms with Crippen molar-refractivity contribution >= 4 is 23.6 Å². The van der Waals surface area contributed by atoms with Crippen LogP contribution in [-0.4, -0.2) is 60.4 Å². The molecule has 0 spiro atoms. The maximum Gasteiger partial charge on any atom is 0.322 e. The maximum atomic E-state index is 12.6. The largest absolute Gasteiger partial charge is 0.490 e. The maximum absolute atomic E-state index is 12.6. The molecule has 214 valence electrons. The molecule has 0 saturated carbocycles. The number of carbonyl (C=O) groups is 3. The summed E-state index contributed by atoms with van der Waals surface area (Å²) in [4.78, 5) is 34.9. The van der Waals surface area contributed by atoms with Crippen molar-refractivity contribution in [3.05, 3.63) is 71.8 Å². The van der Waals surface area contributed by atoms with Gasteiger partial charge in [0.25, 0.3) is 0 Å². The minimum Gasteiger partial charge on any atom is -0.490 e. The van der Waals surface area contributed by atoms with Crippen LogP contribution >= 0.6 is 0 Å². The quantitative estimate of drug-likeness (QED) is 0.142. The Hall–Kier alpha value is -3.69. The van der Waals surface area contributed by atoms with Gasteiger partial charge in [0.05, 0.1) is 12.0 Å². The fraction of sp³-hybridized carbons (Fsp3) is 0.433. The highest BCUT2D eigenvalue weighted by atomic mass is 16.5. The van der Waals surface area contributed by atoms with E-state index < -0.39 is 30.5 Å². The van der Waals surface area contributed by atoms with E-state index in [0.29, 0.717) is 24.3 Å². The van der Waals surface area contributed by atoms with Crippen molar-refractivity contribution in [1.29, 1.82) is 0 Å². The lowest BCUT2D eigenvalue weighted by Gasteiger charge is -2.17. The Morgan fingerprint density at radius 1 is 0.974 bits per heavy atom. The lowest BCUT2D eigenvalue weighted by Crippen LogP contribution is -2.31. The van der Waals surface area contributed by atoms with Crippen LogP contribution in [0.3, 0.4) is 0 Å². The third-order valence-corrected chi connectivity index (χ3v) is 4.97. The number of carbonyl (C=O) groups excluding carboxylic acids is 2. The van der Waals surface area contributed by atoms with Crippen molar-refractivity contribution in [2.45, 2.75) is 59.0 Å². The molecule has 0 aliphatic heterocycles. The molecule has 0 heterocycles. The molecule has 39 heavy (non-hydrogen) atoms. The SMILES string of the molecule is CCC.CCCNCC(O)COc1ccccc1/C(=C/Cc1ccccc1)OC(=O)CCC(=O)NCC(=O)O. The van der Waals surface area contributed by atoms with Crippen LogP contribution in [0.5, 0.6) is 5.75 Å². The highest BCUT2D eigenvalue weighted by Crippen LogP contribution is 2.28. The van der Waals surface area contributed by atoms with Crippen LogP contribution in [0.1, 0.15) is 57.6 Å². The monoisotopic (exact) mass is 542 g/mol. The number of hydrogen-bond acceptors (Lipinski definition) is 7. The molecule has 1 atom stereocenters. The Balaban J connectivity index is 0.00000242. The van der Waals surface area contributed by atoms with E-state index in [4.69, 9.17) is 14.6 Å². The lowest BCUT2D eigenvalue weighted by molar-refractivity contribution is -0.139. The van der Waals surface area contributed by atoms with Gasteiger partial charge in [0.2, 0.25) is 5.91 Å². The molecule has 4 N–H and O–H groups in total. The summed E-state index contributed by atoms with van der Waals surface area (Å²) in [6.07, 6.45) is 3.32. The van der Waals surface area contributed by atoms with Crippen LogP contribution in [0.15, 0.2) is 60.7 Å². The lowest BCUT2D eigenvalue weighted by atomic mass is 10.1. The third-order valence-electron chi connectivity index (χ3n) is 4.97. The minimum absolute atomic E-state index is 0.0530. The predicted molar refractivity (Wildman–Crippen MR) is 151 cm³/mol. The molecule has 2 aromatic carbocycles. The molecular formula is C30H42N2O7. The molecule has 2 aromatic rings. The minimum atomic E-state index is -1.17. The van der Waals surface area contributed by atoms with Gasteiger partial charge in [-0.25, -0.2) is 0 Å². The average molecular weight is 543 g/mol. The molecule has 0 aliphatic carbocycles. The van der Waals surface area contributed by atoms with Crippen molar-refractivity contribution in [2.24, 2.45) is 0 Å². The molecular weight excluding hydrogens is 500 g/mol. The number of amides is 1. The number of carboxylic acid groups (broad SMARTS) is 1. The summed E-state index contributed by atoms with van der Waals surface area (Å²) in [5.74, 6) is -1.65.